The number of methoxy groups -OCH3 is 1. The summed E-state index contributed by atoms with van der Waals surface area (Å²) in [6.07, 6.45) is -5.31. The second-order valence-electron chi connectivity index (χ2n) is 16.2. The minimum absolute atomic E-state index is 0.00943. The van der Waals surface area contributed by atoms with E-state index in [1.54, 1.807) is 27.7 Å². The van der Waals surface area contributed by atoms with Crippen LogP contribution in [-0.2, 0) is 38.0 Å². The second kappa shape index (κ2) is 17.1. The highest BCUT2D eigenvalue weighted by Crippen LogP contribution is 2.40. The average molecular weight is 702 g/mol. The molecule has 3 rings (SSSR count). The first-order valence-corrected chi connectivity index (χ1v) is 18.3. The van der Waals surface area contributed by atoms with Gasteiger partial charge in [0, 0.05) is 37.3 Å². The number of ether oxygens (including phenoxy) is 6. The van der Waals surface area contributed by atoms with Crippen molar-refractivity contribution in [3.8, 4) is 0 Å². The fourth-order valence-corrected chi connectivity index (χ4v) is 8.42. The normalized spacial score (nSPS) is 48.2. The molecule has 17 atom stereocenters. The number of Topliss-reactive ketones (excluding diaryl/α,β-unsaturated/α-hetero) is 1. The average Bonchev–Trinajstić information content (AvgIpc) is 3.02. The maximum atomic E-state index is 14.0. The number of ketones is 1. The smallest absolute Gasteiger partial charge is 0.311 e. The first-order chi connectivity index (χ1) is 22.7. The van der Waals surface area contributed by atoms with E-state index in [1.807, 2.05) is 60.5 Å². The number of carbonyl (C=O) groups is 2. The van der Waals surface area contributed by atoms with Gasteiger partial charge in [-0.3, -0.25) is 9.59 Å². The van der Waals surface area contributed by atoms with Crippen molar-refractivity contribution in [1.82, 2.24) is 4.90 Å². The Kier molecular flexibility index (Phi) is 14.7. The molecule has 0 radical (unpaired) electrons. The van der Waals surface area contributed by atoms with Gasteiger partial charge in [0.1, 0.15) is 24.1 Å². The fourth-order valence-electron chi connectivity index (χ4n) is 8.42. The molecule has 3 fully saturated rings. The van der Waals surface area contributed by atoms with Gasteiger partial charge in [0.2, 0.25) is 0 Å². The van der Waals surface area contributed by atoms with Crippen LogP contribution in [0.3, 0.4) is 0 Å². The predicted octanol–water partition coefficient (Wildman–Crippen LogP) is 3.70. The van der Waals surface area contributed by atoms with E-state index in [0.717, 1.165) is 0 Å². The van der Waals surface area contributed by atoms with Crippen molar-refractivity contribution in [3.63, 3.8) is 0 Å². The van der Waals surface area contributed by atoms with Gasteiger partial charge in [0.25, 0.3) is 0 Å². The number of hydrogen-bond acceptors (Lipinski definition) is 12. The summed E-state index contributed by atoms with van der Waals surface area (Å²) in [5.74, 6) is -2.95. The maximum absolute atomic E-state index is 14.0. The van der Waals surface area contributed by atoms with Gasteiger partial charge in [0.15, 0.2) is 12.6 Å². The molecule has 0 saturated carbocycles. The highest BCUT2D eigenvalue weighted by atomic mass is 16.7. The molecule has 12 heteroatoms. The molecule has 286 valence electrons. The standard InChI is InChI=1S/C37H67NO11/c1-14-27-19(2)15-20(3)29(39)21(4)17-36(9,43)33(49-35-30(40)26(38(11)12)16-22(5)45-35)23(6)31(24(7)34(42)47-27)48-28-18-37(10,44-13)32(41)25(8)46-28/h19-28,30-33,35,40-41,43H,14-18H2,1-13H3/t19-,20-,21-,22?,23+,24-,25?,26?,27-,28?,30?,31+,32?,33-,35?,36-,37?/m1/s1. The van der Waals surface area contributed by atoms with Crippen LogP contribution >= 0.6 is 0 Å². The Hall–Kier alpha value is -1.22. The number of hydrogen-bond donors (Lipinski definition) is 3. The first kappa shape index (κ1) is 42.2. The lowest BCUT2D eigenvalue weighted by atomic mass is 9.75. The van der Waals surface area contributed by atoms with Crippen molar-refractivity contribution in [1.29, 1.82) is 0 Å². The number of aliphatic hydroxyl groups excluding tert-OH is 2. The highest BCUT2D eigenvalue weighted by Gasteiger charge is 2.52. The zero-order valence-corrected chi connectivity index (χ0v) is 32.3. The number of esters is 1. The molecule has 3 heterocycles. The predicted molar refractivity (Wildman–Crippen MR) is 183 cm³/mol. The molecule has 8 unspecified atom stereocenters. The summed E-state index contributed by atoms with van der Waals surface area (Å²) >= 11 is 0. The number of aliphatic hydroxyl groups is 3. The Morgan fingerprint density at radius 2 is 1.55 bits per heavy atom. The summed E-state index contributed by atoms with van der Waals surface area (Å²) < 4.78 is 37.5. The van der Waals surface area contributed by atoms with Crippen molar-refractivity contribution >= 4 is 11.8 Å². The third-order valence-electron chi connectivity index (χ3n) is 11.5. The number of carbonyl (C=O) groups excluding carboxylic acids is 2. The largest absolute Gasteiger partial charge is 0.462 e. The molecule has 0 aliphatic carbocycles. The number of likely N-dealkylation sites (N-methyl/N-ethyl adjacent to an activating group) is 1. The molecule has 0 spiro atoms. The highest BCUT2D eigenvalue weighted by molar-refractivity contribution is 5.83. The topological polar surface area (TPSA) is 153 Å². The summed E-state index contributed by atoms with van der Waals surface area (Å²) in [6, 6.07) is -0.266. The van der Waals surface area contributed by atoms with Gasteiger partial charge in [-0.1, -0.05) is 34.6 Å². The monoisotopic (exact) mass is 701 g/mol. The molecule has 0 aromatic heterocycles. The van der Waals surface area contributed by atoms with Crippen molar-refractivity contribution < 1.29 is 53.3 Å². The number of nitrogens with zero attached hydrogens (tertiary/aromatic N) is 1. The van der Waals surface area contributed by atoms with E-state index in [1.165, 1.54) is 7.11 Å². The Balaban J connectivity index is 2.13. The molecule has 3 N–H and O–H groups in total. The Bertz CT molecular complexity index is 1090. The third-order valence-corrected chi connectivity index (χ3v) is 11.5. The summed E-state index contributed by atoms with van der Waals surface area (Å²) in [6.45, 7) is 18.3. The van der Waals surface area contributed by atoms with Gasteiger partial charge in [0.05, 0.1) is 41.5 Å². The van der Waals surface area contributed by atoms with E-state index in [2.05, 4.69) is 0 Å². The minimum Gasteiger partial charge on any atom is -0.462 e. The molecule has 3 aliphatic rings. The molecular formula is C37H67NO11. The second-order valence-corrected chi connectivity index (χ2v) is 16.2. The molecule has 3 aliphatic heterocycles. The zero-order chi connectivity index (χ0) is 37.2. The number of cyclic esters (lactones) is 1. The van der Waals surface area contributed by atoms with Crippen LogP contribution in [0, 0.1) is 29.6 Å². The summed E-state index contributed by atoms with van der Waals surface area (Å²) in [4.78, 5) is 29.7. The Labute approximate surface area is 294 Å². The number of rotatable bonds is 7. The molecule has 3 saturated heterocycles. The van der Waals surface area contributed by atoms with Crippen LogP contribution in [0.1, 0.15) is 101 Å². The van der Waals surface area contributed by atoms with Crippen molar-refractivity contribution in [2.45, 2.75) is 174 Å². The van der Waals surface area contributed by atoms with Gasteiger partial charge >= 0.3 is 5.97 Å². The van der Waals surface area contributed by atoms with Crippen LogP contribution in [0.25, 0.3) is 0 Å². The van der Waals surface area contributed by atoms with E-state index in [9.17, 15) is 24.9 Å². The minimum atomic E-state index is -1.63. The van der Waals surface area contributed by atoms with E-state index in [4.69, 9.17) is 28.4 Å². The van der Waals surface area contributed by atoms with Crippen LogP contribution in [-0.4, -0.2) is 126 Å². The van der Waals surface area contributed by atoms with E-state index in [0.29, 0.717) is 19.3 Å². The molecule has 12 nitrogen and oxygen atoms in total. The first-order valence-electron chi connectivity index (χ1n) is 18.3. The Morgan fingerprint density at radius 1 is 0.918 bits per heavy atom. The molecule has 49 heavy (non-hydrogen) atoms. The molecule has 0 aromatic carbocycles. The van der Waals surface area contributed by atoms with Crippen LogP contribution in [0.5, 0.6) is 0 Å². The van der Waals surface area contributed by atoms with Crippen molar-refractivity contribution in [3.05, 3.63) is 0 Å². The molecular weight excluding hydrogens is 634 g/mol. The van der Waals surface area contributed by atoms with Gasteiger partial charge in [-0.25, -0.2) is 0 Å². The summed E-state index contributed by atoms with van der Waals surface area (Å²) in [5, 5.41) is 34.7. The van der Waals surface area contributed by atoms with Crippen LogP contribution in [0.15, 0.2) is 0 Å². The van der Waals surface area contributed by atoms with Crippen molar-refractivity contribution in [2.75, 3.05) is 21.2 Å². The lowest BCUT2D eigenvalue weighted by Crippen LogP contribution is -2.60. The van der Waals surface area contributed by atoms with Gasteiger partial charge < -0.3 is 48.6 Å². The fraction of sp³-hybridized carbons (Fsp3) is 0.946. The van der Waals surface area contributed by atoms with Gasteiger partial charge in [-0.2, -0.15) is 0 Å². The van der Waals surface area contributed by atoms with E-state index in [-0.39, 0.29) is 42.6 Å². The third kappa shape index (κ3) is 9.81. The van der Waals surface area contributed by atoms with Gasteiger partial charge in [-0.05, 0) is 80.3 Å². The van der Waals surface area contributed by atoms with Gasteiger partial charge in [-0.15, -0.1) is 0 Å². The Morgan fingerprint density at radius 3 is 2.12 bits per heavy atom. The van der Waals surface area contributed by atoms with Crippen molar-refractivity contribution in [2.24, 2.45) is 29.6 Å². The summed E-state index contributed by atoms with van der Waals surface area (Å²) in [7, 11) is 5.29. The van der Waals surface area contributed by atoms with Crippen LogP contribution in [0.2, 0.25) is 0 Å². The lowest BCUT2D eigenvalue weighted by Gasteiger charge is -2.48. The zero-order valence-electron chi connectivity index (χ0n) is 32.3. The molecule has 0 bridgehead atoms. The summed E-state index contributed by atoms with van der Waals surface area (Å²) in [5.41, 5.74) is -2.61. The lowest BCUT2D eigenvalue weighted by molar-refractivity contribution is -0.317. The van der Waals surface area contributed by atoms with Crippen LogP contribution < -0.4 is 0 Å². The quantitative estimate of drug-likeness (QED) is 0.332. The molecule has 0 aromatic rings. The maximum Gasteiger partial charge on any atom is 0.311 e. The molecule has 0 amide bonds. The van der Waals surface area contributed by atoms with Crippen LogP contribution in [0.4, 0.5) is 0 Å². The van der Waals surface area contributed by atoms with E-state index < -0.39 is 84.1 Å². The van der Waals surface area contributed by atoms with E-state index >= 15 is 0 Å². The SMILES string of the molecule is CC[C@H]1OC(=O)[C@H](C)[C@@H](OC2CC(C)(OC)C(O)C(C)O2)[C@H](C)[C@@H](OC2OC(C)CC(N(C)C)C2O)[C@](C)(O)C[C@@H](C)C(=O)[C@H](C)C[C@H]1C.